The van der Waals surface area contributed by atoms with E-state index in [4.69, 9.17) is 0 Å². The van der Waals surface area contributed by atoms with Crippen LogP contribution >= 0.6 is 11.3 Å². The number of aryl methyl sites for hydroxylation is 2. The number of fused-ring (bicyclic) bond motifs is 1. The van der Waals surface area contributed by atoms with Gasteiger partial charge >= 0.3 is 0 Å². The number of aromatic nitrogens is 2. The third kappa shape index (κ3) is 2.61. The Labute approximate surface area is 129 Å². The second-order valence-electron chi connectivity index (χ2n) is 5.43. The van der Waals surface area contributed by atoms with E-state index in [0.717, 1.165) is 22.9 Å². The first kappa shape index (κ1) is 13.9. The number of nitrogens with zero attached hydrogens (tertiary/aromatic N) is 3. The molecule has 2 heterocycles. The number of rotatable bonds is 4. The summed E-state index contributed by atoms with van der Waals surface area (Å²) in [6.07, 6.45) is 0. The van der Waals surface area contributed by atoms with Gasteiger partial charge in [-0.15, -0.1) is 11.3 Å². The standard InChI is InChI=1S/C16H20N4S/c1-11-10-21-16-18-12(2)15(20(11)16)9-17-13-5-7-14(8-6-13)19(3)4/h5-8,10,17H,9H2,1-4H3. The molecule has 0 spiro atoms. The second-order valence-corrected chi connectivity index (χ2v) is 6.27. The van der Waals surface area contributed by atoms with Gasteiger partial charge in [0.2, 0.25) is 0 Å². The molecule has 0 radical (unpaired) electrons. The van der Waals surface area contributed by atoms with Crippen molar-refractivity contribution >= 4 is 27.7 Å². The first-order valence-corrected chi connectivity index (χ1v) is 7.87. The summed E-state index contributed by atoms with van der Waals surface area (Å²) < 4.78 is 2.24. The van der Waals surface area contributed by atoms with Crippen molar-refractivity contribution < 1.29 is 0 Å². The van der Waals surface area contributed by atoms with E-state index in [1.165, 1.54) is 17.1 Å². The van der Waals surface area contributed by atoms with Crippen LogP contribution in [0.15, 0.2) is 29.6 Å². The highest BCUT2D eigenvalue weighted by Gasteiger charge is 2.11. The largest absolute Gasteiger partial charge is 0.379 e. The van der Waals surface area contributed by atoms with Crippen LogP contribution in [0.1, 0.15) is 17.1 Å². The molecule has 110 valence electrons. The van der Waals surface area contributed by atoms with Gasteiger partial charge in [-0.3, -0.25) is 4.40 Å². The van der Waals surface area contributed by atoms with Gasteiger partial charge in [0.1, 0.15) is 0 Å². The predicted molar refractivity (Wildman–Crippen MR) is 90.6 cm³/mol. The van der Waals surface area contributed by atoms with Crippen LogP contribution < -0.4 is 10.2 Å². The van der Waals surface area contributed by atoms with Gasteiger partial charge in [0, 0.05) is 36.5 Å². The van der Waals surface area contributed by atoms with Crippen LogP contribution in [0, 0.1) is 13.8 Å². The lowest BCUT2D eigenvalue weighted by Gasteiger charge is -2.13. The van der Waals surface area contributed by atoms with Crippen LogP contribution in [-0.4, -0.2) is 23.5 Å². The summed E-state index contributed by atoms with van der Waals surface area (Å²) in [5.74, 6) is 0. The van der Waals surface area contributed by atoms with E-state index in [-0.39, 0.29) is 0 Å². The molecule has 4 nitrogen and oxygen atoms in total. The number of thiazole rings is 1. The molecule has 0 saturated carbocycles. The Balaban J connectivity index is 1.80. The minimum Gasteiger partial charge on any atom is -0.379 e. The van der Waals surface area contributed by atoms with Crippen LogP contribution in [0.2, 0.25) is 0 Å². The summed E-state index contributed by atoms with van der Waals surface area (Å²) in [5.41, 5.74) is 5.91. The summed E-state index contributed by atoms with van der Waals surface area (Å²) in [7, 11) is 4.10. The molecule has 0 aliphatic rings. The van der Waals surface area contributed by atoms with E-state index in [2.05, 4.69) is 63.1 Å². The first-order chi connectivity index (χ1) is 10.1. The van der Waals surface area contributed by atoms with Crippen molar-refractivity contribution in [3.8, 4) is 0 Å². The van der Waals surface area contributed by atoms with Gasteiger partial charge in [-0.2, -0.15) is 0 Å². The number of benzene rings is 1. The lowest BCUT2D eigenvalue weighted by Crippen LogP contribution is -2.08. The zero-order valence-corrected chi connectivity index (χ0v) is 13.7. The summed E-state index contributed by atoms with van der Waals surface area (Å²) >= 11 is 1.69. The molecule has 0 atom stereocenters. The highest BCUT2D eigenvalue weighted by atomic mass is 32.1. The molecular formula is C16H20N4S. The van der Waals surface area contributed by atoms with E-state index in [0.29, 0.717) is 0 Å². The zero-order chi connectivity index (χ0) is 15.0. The Hall–Kier alpha value is -2.01. The van der Waals surface area contributed by atoms with Gasteiger partial charge in [-0.1, -0.05) is 0 Å². The molecule has 1 aromatic carbocycles. The van der Waals surface area contributed by atoms with E-state index in [1.807, 2.05) is 14.1 Å². The summed E-state index contributed by atoms with van der Waals surface area (Å²) in [4.78, 5) is 7.79. The minimum atomic E-state index is 0.784. The number of hydrogen-bond acceptors (Lipinski definition) is 4. The highest BCUT2D eigenvalue weighted by Crippen LogP contribution is 2.22. The normalized spacial score (nSPS) is 11.0. The highest BCUT2D eigenvalue weighted by molar-refractivity contribution is 7.15. The molecule has 0 fully saturated rings. The smallest absolute Gasteiger partial charge is 0.194 e. The maximum Gasteiger partial charge on any atom is 0.194 e. The maximum atomic E-state index is 4.62. The van der Waals surface area contributed by atoms with Crippen molar-refractivity contribution in [2.75, 3.05) is 24.3 Å². The van der Waals surface area contributed by atoms with Gasteiger partial charge < -0.3 is 10.2 Å². The van der Waals surface area contributed by atoms with Crippen molar-refractivity contribution in [3.63, 3.8) is 0 Å². The fraction of sp³-hybridized carbons (Fsp3) is 0.312. The molecule has 0 aliphatic heterocycles. The topological polar surface area (TPSA) is 32.6 Å². The summed E-state index contributed by atoms with van der Waals surface area (Å²) in [6, 6.07) is 8.47. The van der Waals surface area contributed by atoms with Crippen LogP contribution in [0.4, 0.5) is 11.4 Å². The van der Waals surface area contributed by atoms with Gasteiger partial charge in [0.15, 0.2) is 4.96 Å². The van der Waals surface area contributed by atoms with Crippen molar-refractivity contribution in [3.05, 3.63) is 46.7 Å². The third-order valence-electron chi connectivity index (χ3n) is 3.67. The average Bonchev–Trinajstić information content (AvgIpc) is 2.97. The molecule has 21 heavy (non-hydrogen) atoms. The maximum absolute atomic E-state index is 4.62. The van der Waals surface area contributed by atoms with E-state index in [9.17, 15) is 0 Å². The monoisotopic (exact) mass is 300 g/mol. The molecule has 3 rings (SSSR count). The second kappa shape index (κ2) is 5.41. The molecule has 2 aromatic heterocycles. The number of hydrogen-bond donors (Lipinski definition) is 1. The molecule has 1 N–H and O–H groups in total. The van der Waals surface area contributed by atoms with Crippen LogP contribution in [0.5, 0.6) is 0 Å². The van der Waals surface area contributed by atoms with Gasteiger partial charge in [0.25, 0.3) is 0 Å². The molecule has 0 amide bonds. The molecular weight excluding hydrogens is 280 g/mol. The molecule has 0 unspecified atom stereocenters. The van der Waals surface area contributed by atoms with Gasteiger partial charge in [-0.05, 0) is 38.1 Å². The Morgan fingerprint density at radius 1 is 1.19 bits per heavy atom. The van der Waals surface area contributed by atoms with Gasteiger partial charge in [-0.25, -0.2) is 4.98 Å². The van der Waals surface area contributed by atoms with E-state index >= 15 is 0 Å². The average molecular weight is 300 g/mol. The zero-order valence-electron chi connectivity index (χ0n) is 12.8. The Morgan fingerprint density at radius 2 is 1.90 bits per heavy atom. The summed E-state index contributed by atoms with van der Waals surface area (Å²) in [5, 5.41) is 5.64. The Bertz CT molecular complexity index is 753. The Morgan fingerprint density at radius 3 is 2.57 bits per heavy atom. The lowest BCUT2D eigenvalue weighted by molar-refractivity contribution is 0.966. The Kier molecular flexibility index (Phi) is 3.59. The van der Waals surface area contributed by atoms with E-state index in [1.54, 1.807) is 11.3 Å². The number of imidazole rings is 1. The third-order valence-corrected chi connectivity index (χ3v) is 4.62. The first-order valence-electron chi connectivity index (χ1n) is 6.99. The summed E-state index contributed by atoms with van der Waals surface area (Å²) in [6.45, 7) is 4.98. The number of nitrogens with one attached hydrogen (secondary N) is 1. The molecule has 0 saturated heterocycles. The van der Waals surface area contributed by atoms with Crippen LogP contribution in [-0.2, 0) is 6.54 Å². The predicted octanol–water partition coefficient (Wildman–Crippen LogP) is 3.69. The molecule has 0 bridgehead atoms. The lowest BCUT2D eigenvalue weighted by atomic mass is 10.2. The van der Waals surface area contributed by atoms with Crippen molar-refractivity contribution in [1.29, 1.82) is 0 Å². The quantitative estimate of drug-likeness (QED) is 0.797. The van der Waals surface area contributed by atoms with Gasteiger partial charge in [0.05, 0.1) is 17.9 Å². The van der Waals surface area contributed by atoms with E-state index < -0.39 is 0 Å². The van der Waals surface area contributed by atoms with Crippen LogP contribution in [0.3, 0.4) is 0 Å². The fourth-order valence-electron chi connectivity index (χ4n) is 2.44. The van der Waals surface area contributed by atoms with Crippen molar-refractivity contribution in [1.82, 2.24) is 9.38 Å². The van der Waals surface area contributed by atoms with Crippen molar-refractivity contribution in [2.24, 2.45) is 0 Å². The SMILES string of the molecule is Cc1nc2scc(C)n2c1CNc1ccc(N(C)C)cc1. The molecule has 5 heteroatoms. The minimum absolute atomic E-state index is 0.784. The number of anilines is 2. The van der Waals surface area contributed by atoms with Crippen molar-refractivity contribution in [2.45, 2.75) is 20.4 Å². The fourth-order valence-corrected chi connectivity index (χ4v) is 3.37. The molecule has 3 aromatic rings. The van der Waals surface area contributed by atoms with Crippen LogP contribution in [0.25, 0.3) is 4.96 Å². The molecule has 0 aliphatic carbocycles.